The van der Waals surface area contributed by atoms with Crippen LogP contribution < -0.4 is 4.74 Å². The lowest BCUT2D eigenvalue weighted by atomic mass is 10.1. The van der Waals surface area contributed by atoms with E-state index >= 15 is 0 Å². The average molecular weight is 504 g/mol. The predicted octanol–water partition coefficient (Wildman–Crippen LogP) is 4.22. The summed E-state index contributed by atoms with van der Waals surface area (Å²) >= 11 is 3.78. The zero-order chi connectivity index (χ0) is 19.5. The van der Waals surface area contributed by atoms with Crippen molar-refractivity contribution >= 4 is 50.1 Å². The summed E-state index contributed by atoms with van der Waals surface area (Å²) in [5, 5.41) is 0.801. The van der Waals surface area contributed by atoms with Crippen molar-refractivity contribution < 1.29 is 14.3 Å². The van der Waals surface area contributed by atoms with E-state index < -0.39 is 12.1 Å². The molecule has 1 aliphatic carbocycles. The number of methoxy groups -OCH3 is 1. The highest BCUT2D eigenvalue weighted by Gasteiger charge is 2.25. The number of rotatable bonds is 5. The fourth-order valence-electron chi connectivity index (χ4n) is 2.71. The number of ether oxygens (including phenoxy) is 2. The smallest absolute Gasteiger partial charge is 0.347 e. The molecule has 0 bridgehead atoms. The maximum atomic E-state index is 12.3. The molecule has 5 nitrogen and oxygen atoms in total. The molecule has 7 heteroatoms. The first-order valence-corrected chi connectivity index (χ1v) is 10.8. The van der Waals surface area contributed by atoms with Crippen molar-refractivity contribution in [3.8, 4) is 17.7 Å². The summed E-state index contributed by atoms with van der Waals surface area (Å²) in [6, 6.07) is 9.70. The van der Waals surface area contributed by atoms with Crippen LogP contribution in [0.5, 0.6) is 5.88 Å². The third-order valence-corrected chi connectivity index (χ3v) is 6.80. The molecule has 4 rings (SSSR count). The van der Waals surface area contributed by atoms with E-state index in [1.165, 1.54) is 37.6 Å². The number of benzene rings is 1. The lowest BCUT2D eigenvalue weighted by Gasteiger charge is -2.17. The van der Waals surface area contributed by atoms with Crippen molar-refractivity contribution in [2.24, 2.45) is 5.92 Å². The van der Waals surface area contributed by atoms with Gasteiger partial charge in [-0.2, -0.15) is 0 Å². The van der Waals surface area contributed by atoms with Gasteiger partial charge in [0.25, 0.3) is 0 Å². The Bertz CT molecular complexity index is 1070. The Balaban J connectivity index is 1.66. The number of halogens is 1. The van der Waals surface area contributed by atoms with Crippen LogP contribution in [0.3, 0.4) is 0 Å². The molecule has 0 spiro atoms. The quantitative estimate of drug-likeness (QED) is 0.296. The second kappa shape index (κ2) is 8.45. The molecule has 2 aromatic heterocycles. The fraction of sp³-hybridized carbons (Fsp3) is 0.286. The molecule has 0 aliphatic heterocycles. The molecule has 0 unspecified atom stereocenters. The van der Waals surface area contributed by atoms with Gasteiger partial charge in [-0.3, -0.25) is 0 Å². The van der Waals surface area contributed by atoms with Crippen molar-refractivity contribution in [2.45, 2.75) is 25.4 Å². The number of hydrogen-bond acceptors (Lipinski definition) is 6. The van der Waals surface area contributed by atoms with Gasteiger partial charge in [0, 0.05) is 12.3 Å². The van der Waals surface area contributed by atoms with Crippen molar-refractivity contribution in [3.05, 3.63) is 50.7 Å². The molecule has 28 heavy (non-hydrogen) atoms. The number of esters is 1. The second-order valence-corrected chi connectivity index (χ2v) is 8.54. The second-order valence-electron chi connectivity index (χ2n) is 6.47. The summed E-state index contributed by atoms with van der Waals surface area (Å²) in [6.45, 7) is 0. The number of nitrogens with zero attached hydrogens (tertiary/aromatic N) is 2. The molecule has 2 heterocycles. The molecular formula is C21H17IN2O3S. The van der Waals surface area contributed by atoms with Crippen LogP contribution in [0.1, 0.15) is 23.3 Å². The first-order chi connectivity index (χ1) is 13.7. The highest BCUT2D eigenvalue weighted by molar-refractivity contribution is 14.1. The summed E-state index contributed by atoms with van der Waals surface area (Å²) in [5.74, 6) is 7.03. The maximum Gasteiger partial charge on any atom is 0.347 e. The molecule has 0 N–H and O–H groups in total. The van der Waals surface area contributed by atoms with E-state index in [2.05, 4.69) is 44.4 Å². The van der Waals surface area contributed by atoms with E-state index in [9.17, 15) is 4.79 Å². The number of aromatic nitrogens is 2. The Labute approximate surface area is 180 Å². The first-order valence-electron chi connectivity index (χ1n) is 8.88. The van der Waals surface area contributed by atoms with Gasteiger partial charge in [-0.25, -0.2) is 14.8 Å². The molecule has 1 aliphatic rings. The highest BCUT2D eigenvalue weighted by Crippen LogP contribution is 2.36. The molecule has 1 aromatic carbocycles. The maximum absolute atomic E-state index is 12.3. The van der Waals surface area contributed by atoms with Crippen LogP contribution in [0, 0.1) is 21.3 Å². The van der Waals surface area contributed by atoms with Crippen LogP contribution >= 0.6 is 33.9 Å². The average Bonchev–Trinajstić information content (AvgIpc) is 3.49. The van der Waals surface area contributed by atoms with Gasteiger partial charge in [-0.05, 0) is 41.0 Å². The van der Waals surface area contributed by atoms with Crippen molar-refractivity contribution in [3.63, 3.8) is 0 Å². The third-order valence-electron chi connectivity index (χ3n) is 4.34. The molecule has 142 valence electrons. The third kappa shape index (κ3) is 4.28. The molecule has 1 atom stereocenters. The number of thiophene rings is 1. The van der Waals surface area contributed by atoms with Crippen LogP contribution in [0.2, 0.25) is 0 Å². The van der Waals surface area contributed by atoms with Gasteiger partial charge < -0.3 is 9.47 Å². The Morgan fingerprint density at radius 3 is 2.82 bits per heavy atom. The van der Waals surface area contributed by atoms with E-state index in [0.29, 0.717) is 18.2 Å². The zero-order valence-corrected chi connectivity index (χ0v) is 18.1. The van der Waals surface area contributed by atoms with Crippen LogP contribution in [0.25, 0.3) is 10.2 Å². The summed E-state index contributed by atoms with van der Waals surface area (Å²) in [4.78, 5) is 22.7. The monoisotopic (exact) mass is 504 g/mol. The number of carbonyl (C=O) groups is 1. The van der Waals surface area contributed by atoms with Gasteiger partial charge in [0.05, 0.1) is 20.9 Å². The SMILES string of the molecule is COC(=O)[C@@H](Cc1ccccc1)Oc1ncnc2sc(C#CC3CC3)c(I)c12. The molecule has 0 saturated heterocycles. The van der Waals surface area contributed by atoms with Crippen molar-refractivity contribution in [1.29, 1.82) is 0 Å². The van der Waals surface area contributed by atoms with Crippen LogP contribution in [-0.4, -0.2) is 29.2 Å². The van der Waals surface area contributed by atoms with Crippen LogP contribution in [0.4, 0.5) is 0 Å². The van der Waals surface area contributed by atoms with Gasteiger partial charge in [0.1, 0.15) is 11.2 Å². The lowest BCUT2D eigenvalue weighted by molar-refractivity contribution is -0.148. The molecule has 1 saturated carbocycles. The Hall–Kier alpha value is -2.18. The first kappa shape index (κ1) is 19.2. The standard InChI is InChI=1S/C21H17IN2O3S/c1-26-21(25)15(11-14-5-3-2-4-6-14)27-19-17-18(22)16(10-9-13-7-8-13)28-20(17)24-12-23-19/h2-6,12-13,15H,7-8,11H2,1H3/t15-/m1/s1. The molecule has 1 fully saturated rings. The van der Waals surface area contributed by atoms with Crippen LogP contribution in [-0.2, 0) is 16.0 Å². The molecule has 0 radical (unpaired) electrons. The van der Waals surface area contributed by atoms with Gasteiger partial charge in [0.15, 0.2) is 0 Å². The molecule has 0 amide bonds. The highest BCUT2D eigenvalue weighted by atomic mass is 127. The predicted molar refractivity (Wildman–Crippen MR) is 116 cm³/mol. The Kier molecular flexibility index (Phi) is 5.78. The normalized spacial score (nSPS) is 14.2. The van der Waals surface area contributed by atoms with Crippen molar-refractivity contribution in [2.75, 3.05) is 7.11 Å². The largest absolute Gasteiger partial charge is 0.466 e. The summed E-state index contributed by atoms with van der Waals surface area (Å²) < 4.78 is 12.0. The number of fused-ring (bicyclic) bond motifs is 1. The van der Waals surface area contributed by atoms with E-state index in [0.717, 1.165) is 24.2 Å². The van der Waals surface area contributed by atoms with E-state index in [1.54, 1.807) is 0 Å². The van der Waals surface area contributed by atoms with Gasteiger partial charge >= 0.3 is 5.97 Å². The van der Waals surface area contributed by atoms with E-state index in [-0.39, 0.29) is 0 Å². The fourth-order valence-corrected chi connectivity index (χ4v) is 4.73. The zero-order valence-electron chi connectivity index (χ0n) is 15.1. The molecular weight excluding hydrogens is 487 g/mol. The topological polar surface area (TPSA) is 61.3 Å². The molecule has 3 aromatic rings. The minimum absolute atomic E-state index is 0.386. The Morgan fingerprint density at radius 1 is 1.32 bits per heavy atom. The summed E-state index contributed by atoms with van der Waals surface area (Å²) in [6.07, 6.45) is 3.43. The minimum atomic E-state index is -0.790. The van der Waals surface area contributed by atoms with E-state index in [4.69, 9.17) is 9.47 Å². The van der Waals surface area contributed by atoms with E-state index in [1.807, 2.05) is 30.3 Å². The number of hydrogen-bond donors (Lipinski definition) is 0. The van der Waals surface area contributed by atoms with Crippen molar-refractivity contribution in [1.82, 2.24) is 9.97 Å². The Morgan fingerprint density at radius 2 is 2.11 bits per heavy atom. The van der Waals surface area contributed by atoms with Crippen LogP contribution in [0.15, 0.2) is 36.7 Å². The van der Waals surface area contributed by atoms with Gasteiger partial charge in [-0.15, -0.1) is 11.3 Å². The van der Waals surface area contributed by atoms with Gasteiger partial charge in [-0.1, -0.05) is 42.2 Å². The lowest BCUT2D eigenvalue weighted by Crippen LogP contribution is -2.31. The summed E-state index contributed by atoms with van der Waals surface area (Å²) in [5.41, 5.74) is 0.985. The van der Waals surface area contributed by atoms with Gasteiger partial charge in [0.2, 0.25) is 12.0 Å². The number of carbonyl (C=O) groups excluding carboxylic acids is 1. The minimum Gasteiger partial charge on any atom is -0.466 e. The summed E-state index contributed by atoms with van der Waals surface area (Å²) in [7, 11) is 1.36.